The maximum atomic E-state index is 12.4. The Morgan fingerprint density at radius 1 is 1.25 bits per heavy atom. The van der Waals surface area contributed by atoms with Gasteiger partial charge in [0.05, 0.1) is 5.52 Å². The summed E-state index contributed by atoms with van der Waals surface area (Å²) in [7, 11) is -2.38. The molecule has 1 aromatic carbocycles. The number of hydrogen-bond donors (Lipinski definition) is 1. The van der Waals surface area contributed by atoms with Gasteiger partial charge in [0, 0.05) is 39.9 Å². The van der Waals surface area contributed by atoms with Crippen molar-refractivity contribution in [1.82, 2.24) is 9.97 Å². The molecule has 0 amide bonds. The molecule has 0 aliphatic rings. The summed E-state index contributed by atoms with van der Waals surface area (Å²) in [6.45, 7) is 0.160. The minimum Gasteiger partial charge on any atom is -0.456 e. The fraction of sp³-hybridized carbons (Fsp3) is 0.176. The molecule has 3 rings (SSSR count). The second kappa shape index (κ2) is 6.45. The van der Waals surface area contributed by atoms with E-state index in [9.17, 15) is 9.00 Å². The van der Waals surface area contributed by atoms with Gasteiger partial charge in [-0.25, -0.2) is 14.0 Å². The van der Waals surface area contributed by atoms with Crippen LogP contribution in [-0.2, 0) is 21.1 Å². The maximum Gasteiger partial charge on any atom is 0.358 e. The summed E-state index contributed by atoms with van der Waals surface area (Å²) < 4.78 is 21.3. The Balaban J connectivity index is 1.94. The Kier molecular flexibility index (Phi) is 4.35. The number of carbonyl (C=O) groups excluding carboxylic acids is 1. The van der Waals surface area contributed by atoms with Gasteiger partial charge in [0.2, 0.25) is 0 Å². The zero-order valence-corrected chi connectivity index (χ0v) is 14.2. The standard InChI is InChI=1S/C17H17N3O3S/c1-24(2,22)20-15-10-14-13(8-9-18-14)16(19-15)17(21)23-11-12-6-4-3-5-7-12/h3-10,18H,11H2,1-2H3. The Hall–Kier alpha value is -2.67. The van der Waals surface area contributed by atoms with Crippen LogP contribution in [0.2, 0.25) is 0 Å². The Morgan fingerprint density at radius 2 is 2.00 bits per heavy atom. The van der Waals surface area contributed by atoms with Crippen molar-refractivity contribution in [3.8, 4) is 0 Å². The summed E-state index contributed by atoms with van der Waals surface area (Å²) >= 11 is 0. The van der Waals surface area contributed by atoms with Crippen molar-refractivity contribution in [2.45, 2.75) is 6.61 Å². The number of nitrogens with one attached hydrogen (secondary N) is 1. The van der Waals surface area contributed by atoms with Gasteiger partial charge in [-0.15, -0.1) is 0 Å². The number of carbonyl (C=O) groups is 1. The molecule has 0 unspecified atom stereocenters. The predicted octanol–water partition coefficient (Wildman–Crippen LogP) is 3.28. The van der Waals surface area contributed by atoms with Crippen LogP contribution in [-0.4, -0.2) is 32.7 Å². The number of aromatic nitrogens is 2. The molecule has 0 spiro atoms. The normalized spacial score (nSPS) is 11.4. The molecule has 0 radical (unpaired) electrons. The molecule has 0 atom stereocenters. The molecule has 2 aromatic heterocycles. The van der Waals surface area contributed by atoms with Crippen molar-refractivity contribution in [1.29, 1.82) is 0 Å². The van der Waals surface area contributed by atoms with Crippen molar-refractivity contribution in [2.75, 3.05) is 12.5 Å². The van der Waals surface area contributed by atoms with Crippen LogP contribution < -0.4 is 0 Å². The highest BCUT2D eigenvalue weighted by Gasteiger charge is 2.16. The first-order chi connectivity index (χ1) is 11.4. The molecule has 0 saturated heterocycles. The fourth-order valence-corrected chi connectivity index (χ4v) is 2.81. The number of hydrogen-bond acceptors (Lipinski definition) is 5. The number of esters is 1. The summed E-state index contributed by atoms with van der Waals surface area (Å²) in [5.41, 5.74) is 1.74. The number of benzene rings is 1. The zero-order chi connectivity index (χ0) is 17.2. The van der Waals surface area contributed by atoms with E-state index in [4.69, 9.17) is 4.74 Å². The van der Waals surface area contributed by atoms with Crippen LogP contribution in [0.5, 0.6) is 0 Å². The van der Waals surface area contributed by atoms with E-state index in [2.05, 4.69) is 14.3 Å². The quantitative estimate of drug-likeness (QED) is 0.737. The van der Waals surface area contributed by atoms with Crippen molar-refractivity contribution in [3.63, 3.8) is 0 Å². The average Bonchev–Trinajstić information content (AvgIpc) is 2.99. The molecule has 0 bridgehead atoms. The van der Waals surface area contributed by atoms with Crippen molar-refractivity contribution in [3.05, 3.63) is 59.9 Å². The fourth-order valence-electron chi connectivity index (χ4n) is 2.26. The highest BCUT2D eigenvalue weighted by molar-refractivity contribution is 7.92. The minimum atomic E-state index is -2.38. The first-order valence-electron chi connectivity index (χ1n) is 7.29. The summed E-state index contributed by atoms with van der Waals surface area (Å²) in [5, 5.41) is 0.644. The molecule has 0 aliphatic heterocycles. The van der Waals surface area contributed by atoms with Crippen LogP contribution in [0.15, 0.2) is 53.0 Å². The second-order valence-corrected chi connectivity index (χ2v) is 8.15. The third-order valence-corrected chi connectivity index (χ3v) is 3.88. The van der Waals surface area contributed by atoms with Crippen molar-refractivity contribution < 1.29 is 13.7 Å². The molecule has 1 N–H and O–H groups in total. The summed E-state index contributed by atoms with van der Waals surface area (Å²) in [6, 6.07) is 12.8. The molecule has 2 heterocycles. The zero-order valence-electron chi connectivity index (χ0n) is 13.4. The van der Waals surface area contributed by atoms with Crippen LogP contribution in [0.3, 0.4) is 0 Å². The molecule has 0 saturated carbocycles. The van der Waals surface area contributed by atoms with Crippen LogP contribution in [0, 0.1) is 0 Å². The number of ether oxygens (including phenoxy) is 1. The van der Waals surface area contributed by atoms with Crippen LogP contribution >= 0.6 is 0 Å². The van der Waals surface area contributed by atoms with Crippen molar-refractivity contribution in [2.24, 2.45) is 4.36 Å². The number of rotatable bonds is 4. The molecular formula is C17H17N3O3S. The number of H-pyrrole nitrogens is 1. The first-order valence-corrected chi connectivity index (χ1v) is 9.62. The second-order valence-electron chi connectivity index (χ2n) is 5.60. The van der Waals surface area contributed by atoms with Gasteiger partial charge < -0.3 is 9.72 Å². The third kappa shape index (κ3) is 3.80. The van der Waals surface area contributed by atoms with Gasteiger partial charge in [0.15, 0.2) is 11.5 Å². The summed E-state index contributed by atoms with van der Waals surface area (Å²) in [5.74, 6) is -0.300. The third-order valence-electron chi connectivity index (χ3n) is 3.25. The number of fused-ring (bicyclic) bond motifs is 1. The molecule has 0 fully saturated rings. The molecular weight excluding hydrogens is 326 g/mol. The monoisotopic (exact) mass is 343 g/mol. The number of nitrogens with zero attached hydrogens (tertiary/aromatic N) is 2. The predicted molar refractivity (Wildman–Crippen MR) is 93.7 cm³/mol. The largest absolute Gasteiger partial charge is 0.456 e. The Labute approximate surface area is 140 Å². The Bertz CT molecular complexity index is 994. The maximum absolute atomic E-state index is 12.4. The summed E-state index contributed by atoms with van der Waals surface area (Å²) in [6.07, 6.45) is 4.74. The SMILES string of the molecule is CS(C)(=O)=Nc1cc2[nH]ccc2c(C(=O)OCc2ccccc2)n1. The van der Waals surface area contributed by atoms with E-state index in [1.807, 2.05) is 30.3 Å². The smallest absolute Gasteiger partial charge is 0.358 e. The van der Waals surface area contributed by atoms with Crippen LogP contribution in [0.25, 0.3) is 10.9 Å². The van der Waals surface area contributed by atoms with Gasteiger partial charge in [0.1, 0.15) is 6.61 Å². The van der Waals surface area contributed by atoms with Crippen LogP contribution in [0.4, 0.5) is 5.82 Å². The first kappa shape index (κ1) is 16.2. The molecule has 6 nitrogen and oxygen atoms in total. The molecule has 7 heteroatoms. The average molecular weight is 343 g/mol. The van der Waals surface area contributed by atoms with Gasteiger partial charge in [-0.05, 0) is 11.6 Å². The lowest BCUT2D eigenvalue weighted by Gasteiger charge is -2.06. The highest BCUT2D eigenvalue weighted by Crippen LogP contribution is 2.23. The van der Waals surface area contributed by atoms with E-state index in [0.29, 0.717) is 10.9 Å². The molecule has 124 valence electrons. The van der Waals surface area contributed by atoms with E-state index in [-0.39, 0.29) is 18.1 Å². The number of pyridine rings is 1. The van der Waals surface area contributed by atoms with E-state index in [1.165, 1.54) is 12.5 Å². The minimum absolute atomic E-state index is 0.159. The molecule has 3 aromatic rings. The van der Waals surface area contributed by atoms with Gasteiger partial charge in [-0.2, -0.15) is 4.36 Å². The molecule has 24 heavy (non-hydrogen) atoms. The van der Waals surface area contributed by atoms with Gasteiger partial charge in [0.25, 0.3) is 0 Å². The van der Waals surface area contributed by atoms with E-state index >= 15 is 0 Å². The lowest BCUT2D eigenvalue weighted by atomic mass is 10.2. The molecule has 0 aliphatic carbocycles. The van der Waals surface area contributed by atoms with Crippen molar-refractivity contribution >= 4 is 32.4 Å². The van der Waals surface area contributed by atoms with E-state index in [0.717, 1.165) is 5.56 Å². The van der Waals surface area contributed by atoms with E-state index < -0.39 is 15.7 Å². The Morgan fingerprint density at radius 3 is 2.71 bits per heavy atom. The number of aromatic amines is 1. The topological polar surface area (TPSA) is 84.4 Å². The van der Waals surface area contributed by atoms with Gasteiger partial charge in [-0.3, -0.25) is 0 Å². The van der Waals surface area contributed by atoms with Gasteiger partial charge in [-0.1, -0.05) is 30.3 Å². The van der Waals surface area contributed by atoms with Crippen LogP contribution in [0.1, 0.15) is 16.1 Å². The van der Waals surface area contributed by atoms with E-state index in [1.54, 1.807) is 18.3 Å². The lowest BCUT2D eigenvalue weighted by molar-refractivity contribution is 0.0468. The van der Waals surface area contributed by atoms with Gasteiger partial charge >= 0.3 is 5.97 Å². The summed E-state index contributed by atoms with van der Waals surface area (Å²) in [4.78, 5) is 19.7. The highest BCUT2D eigenvalue weighted by atomic mass is 32.2. The lowest BCUT2D eigenvalue weighted by Crippen LogP contribution is -2.08.